The van der Waals surface area contributed by atoms with Gasteiger partial charge in [-0.15, -0.1) is 0 Å². The molecule has 0 aliphatic heterocycles. The Labute approximate surface area is 236 Å². The molecule has 1 aliphatic carbocycles. The van der Waals surface area contributed by atoms with Crippen molar-refractivity contribution >= 4 is 12.4 Å². The minimum atomic E-state index is -1.51. The first-order valence-electron chi connectivity index (χ1n) is 12.4. The van der Waals surface area contributed by atoms with Crippen LogP contribution in [0.25, 0.3) is 11.1 Å². The monoisotopic (exact) mass is 556 g/mol. The Balaban J connectivity index is 1.90. The number of hydrogen-bond donors (Lipinski definition) is 4. The standard InChI is InChI=1S/C31H28N2O8/c1-38-23-13-11-19-25(29(23)40-3)26-20(12-14-24(39-2)30(26)41-4)31(19,32-15-17-7-5-9-21(34)27(17)36)33-16-18-8-6-10-22(35)28(18)37/h5-16,34-37H,1-4H3. The predicted octanol–water partition coefficient (Wildman–Crippen LogP) is 4.96. The summed E-state index contributed by atoms with van der Waals surface area (Å²) in [4.78, 5) is 9.82. The maximum absolute atomic E-state index is 10.5. The summed E-state index contributed by atoms with van der Waals surface area (Å²) in [5.74, 6) is 0.431. The van der Waals surface area contributed by atoms with Gasteiger partial charge >= 0.3 is 0 Å². The number of nitrogens with zero attached hydrogens (tertiary/aromatic N) is 2. The number of phenolic OH excluding ortho intramolecular Hbond substituents is 4. The van der Waals surface area contributed by atoms with Crippen LogP contribution in [-0.4, -0.2) is 61.3 Å². The first kappa shape index (κ1) is 27.2. The van der Waals surface area contributed by atoms with Crippen molar-refractivity contribution in [2.24, 2.45) is 9.98 Å². The Bertz CT molecular complexity index is 1570. The molecule has 0 unspecified atom stereocenters. The molecular formula is C31H28N2O8. The summed E-state index contributed by atoms with van der Waals surface area (Å²) in [6.45, 7) is 0. The maximum Gasteiger partial charge on any atom is 0.202 e. The molecule has 4 N–H and O–H groups in total. The minimum Gasteiger partial charge on any atom is -0.504 e. The average molecular weight is 557 g/mol. The van der Waals surface area contributed by atoms with Crippen molar-refractivity contribution in [3.05, 3.63) is 82.9 Å². The smallest absolute Gasteiger partial charge is 0.202 e. The number of aliphatic imine (C=N–C) groups is 2. The highest BCUT2D eigenvalue weighted by atomic mass is 16.5. The summed E-state index contributed by atoms with van der Waals surface area (Å²) < 4.78 is 22.8. The quantitative estimate of drug-likeness (QED) is 0.176. The van der Waals surface area contributed by atoms with Crippen LogP contribution in [0.3, 0.4) is 0 Å². The van der Waals surface area contributed by atoms with Crippen LogP contribution in [0.1, 0.15) is 22.3 Å². The van der Waals surface area contributed by atoms with E-state index in [1.165, 1.54) is 53.0 Å². The second-order valence-electron chi connectivity index (χ2n) is 9.07. The van der Waals surface area contributed by atoms with Gasteiger partial charge in [-0.25, -0.2) is 0 Å². The molecule has 4 aromatic rings. The molecule has 4 aromatic carbocycles. The lowest BCUT2D eigenvalue weighted by Crippen LogP contribution is -2.21. The molecule has 0 radical (unpaired) electrons. The molecule has 10 heteroatoms. The third kappa shape index (κ3) is 4.29. The number of hydrogen-bond acceptors (Lipinski definition) is 10. The molecule has 0 atom stereocenters. The van der Waals surface area contributed by atoms with E-state index < -0.39 is 5.66 Å². The number of fused-ring (bicyclic) bond motifs is 3. The van der Waals surface area contributed by atoms with Crippen molar-refractivity contribution in [1.29, 1.82) is 0 Å². The summed E-state index contributed by atoms with van der Waals surface area (Å²) >= 11 is 0. The lowest BCUT2D eigenvalue weighted by molar-refractivity contribution is 0.352. The van der Waals surface area contributed by atoms with E-state index in [4.69, 9.17) is 28.9 Å². The van der Waals surface area contributed by atoms with Gasteiger partial charge in [0.15, 0.2) is 46.0 Å². The highest BCUT2D eigenvalue weighted by Gasteiger charge is 2.47. The Morgan fingerprint density at radius 3 is 1.34 bits per heavy atom. The highest BCUT2D eigenvalue weighted by molar-refractivity contribution is 5.95. The van der Waals surface area contributed by atoms with E-state index in [1.807, 2.05) is 0 Å². The molecule has 210 valence electrons. The van der Waals surface area contributed by atoms with Crippen LogP contribution in [0.2, 0.25) is 0 Å². The Kier molecular flexibility index (Phi) is 7.06. The summed E-state index contributed by atoms with van der Waals surface area (Å²) in [6.07, 6.45) is 2.81. The summed E-state index contributed by atoms with van der Waals surface area (Å²) in [7, 11) is 6.10. The van der Waals surface area contributed by atoms with E-state index in [0.29, 0.717) is 45.3 Å². The van der Waals surface area contributed by atoms with E-state index in [9.17, 15) is 20.4 Å². The number of rotatable bonds is 8. The molecule has 5 rings (SSSR count). The normalized spacial score (nSPS) is 13.3. The van der Waals surface area contributed by atoms with Crippen LogP contribution in [0.5, 0.6) is 46.0 Å². The van der Waals surface area contributed by atoms with Gasteiger partial charge in [0.25, 0.3) is 0 Å². The van der Waals surface area contributed by atoms with E-state index in [-0.39, 0.29) is 34.1 Å². The average Bonchev–Trinajstić information content (AvgIpc) is 3.27. The Morgan fingerprint density at radius 1 is 0.561 bits per heavy atom. The number of benzene rings is 4. The predicted molar refractivity (Wildman–Crippen MR) is 154 cm³/mol. The second kappa shape index (κ2) is 10.6. The zero-order valence-electron chi connectivity index (χ0n) is 22.7. The van der Waals surface area contributed by atoms with Crippen molar-refractivity contribution in [3.8, 4) is 57.1 Å². The molecule has 0 heterocycles. The largest absolute Gasteiger partial charge is 0.504 e. The lowest BCUT2D eigenvalue weighted by atomic mass is 9.97. The van der Waals surface area contributed by atoms with Crippen LogP contribution in [0.4, 0.5) is 0 Å². The van der Waals surface area contributed by atoms with Gasteiger partial charge in [0.1, 0.15) is 0 Å². The van der Waals surface area contributed by atoms with Crippen LogP contribution < -0.4 is 18.9 Å². The number of ether oxygens (including phenoxy) is 4. The molecular weight excluding hydrogens is 528 g/mol. The molecule has 10 nitrogen and oxygen atoms in total. The van der Waals surface area contributed by atoms with Crippen LogP contribution in [0.15, 0.2) is 70.6 Å². The fraction of sp³-hybridized carbons (Fsp3) is 0.161. The van der Waals surface area contributed by atoms with Crippen molar-refractivity contribution in [2.45, 2.75) is 5.66 Å². The van der Waals surface area contributed by atoms with Crippen molar-refractivity contribution < 1.29 is 39.4 Å². The molecule has 0 aromatic heterocycles. The van der Waals surface area contributed by atoms with Gasteiger partial charge in [-0.3, -0.25) is 9.98 Å². The van der Waals surface area contributed by atoms with Gasteiger partial charge in [0, 0.05) is 45.8 Å². The molecule has 0 spiro atoms. The Hall–Kier alpha value is -5.38. The fourth-order valence-corrected chi connectivity index (χ4v) is 5.02. The third-order valence-corrected chi connectivity index (χ3v) is 6.97. The Morgan fingerprint density at radius 2 is 0.976 bits per heavy atom. The number of aromatic hydroxyl groups is 4. The fourth-order valence-electron chi connectivity index (χ4n) is 5.02. The first-order valence-corrected chi connectivity index (χ1v) is 12.4. The highest BCUT2D eigenvalue weighted by Crippen LogP contribution is 2.60. The van der Waals surface area contributed by atoms with Crippen LogP contribution in [0, 0.1) is 0 Å². The molecule has 0 fully saturated rings. The zero-order valence-corrected chi connectivity index (χ0v) is 22.7. The molecule has 0 saturated carbocycles. The summed E-state index contributed by atoms with van der Waals surface area (Å²) in [5, 5.41) is 41.2. The van der Waals surface area contributed by atoms with Crippen LogP contribution in [-0.2, 0) is 5.66 Å². The number of phenols is 4. The molecule has 0 bridgehead atoms. The van der Waals surface area contributed by atoms with E-state index >= 15 is 0 Å². The zero-order chi connectivity index (χ0) is 29.3. The van der Waals surface area contributed by atoms with Crippen molar-refractivity contribution in [1.82, 2.24) is 0 Å². The lowest BCUT2D eigenvalue weighted by Gasteiger charge is -2.24. The van der Waals surface area contributed by atoms with Gasteiger partial charge < -0.3 is 39.4 Å². The maximum atomic E-state index is 10.5. The molecule has 41 heavy (non-hydrogen) atoms. The number of para-hydroxylation sites is 2. The van der Waals surface area contributed by atoms with Gasteiger partial charge in [0.05, 0.1) is 28.4 Å². The SMILES string of the molecule is COc1ccc2c(c1OC)-c1c(ccc(OC)c1OC)C2(N=Cc1cccc(O)c1O)N=Cc1cccc(O)c1O. The topological polar surface area (TPSA) is 143 Å². The third-order valence-electron chi connectivity index (χ3n) is 6.97. The van der Waals surface area contributed by atoms with Crippen molar-refractivity contribution in [2.75, 3.05) is 28.4 Å². The molecule has 1 aliphatic rings. The van der Waals surface area contributed by atoms with E-state index in [0.717, 1.165) is 0 Å². The van der Waals surface area contributed by atoms with E-state index in [2.05, 4.69) is 0 Å². The van der Waals surface area contributed by atoms with Crippen molar-refractivity contribution in [3.63, 3.8) is 0 Å². The van der Waals surface area contributed by atoms with Crippen LogP contribution >= 0.6 is 0 Å². The van der Waals surface area contributed by atoms with Gasteiger partial charge in [-0.05, 0) is 48.5 Å². The summed E-state index contributed by atoms with van der Waals surface area (Å²) in [5.41, 5.74) is 1.30. The van der Waals surface area contributed by atoms with Gasteiger partial charge in [-0.2, -0.15) is 0 Å². The summed E-state index contributed by atoms with van der Waals surface area (Å²) in [6, 6.07) is 16.1. The molecule has 0 amide bonds. The second-order valence-corrected chi connectivity index (χ2v) is 9.07. The van der Waals surface area contributed by atoms with E-state index in [1.54, 1.807) is 48.5 Å². The number of methoxy groups -OCH3 is 4. The van der Waals surface area contributed by atoms with Gasteiger partial charge in [-0.1, -0.05) is 12.1 Å². The van der Waals surface area contributed by atoms with Gasteiger partial charge in [0.2, 0.25) is 5.66 Å². The molecule has 0 saturated heterocycles. The first-order chi connectivity index (χ1) is 19.8. The minimum absolute atomic E-state index is 0.246.